The van der Waals surface area contributed by atoms with Gasteiger partial charge in [-0.3, -0.25) is 4.79 Å². The van der Waals surface area contributed by atoms with Crippen LogP contribution in [0.15, 0.2) is 0 Å². The molecule has 2 nitrogen and oxygen atoms in total. The van der Waals surface area contributed by atoms with E-state index in [1.807, 2.05) is 0 Å². The molecule has 2 aliphatic rings. The second kappa shape index (κ2) is 4.78. The molecule has 2 aliphatic carbocycles. The number of hydrogen-bond donors (Lipinski definition) is 0. The molecule has 0 aromatic heterocycles. The second-order valence-corrected chi connectivity index (χ2v) is 5.78. The Morgan fingerprint density at radius 3 is 2.29 bits per heavy atom. The summed E-state index contributed by atoms with van der Waals surface area (Å²) in [6.07, 6.45) is -1.55. The van der Waals surface area contributed by atoms with Crippen LogP contribution in [0, 0.1) is 17.8 Å². The summed E-state index contributed by atoms with van der Waals surface area (Å²) in [4.78, 5) is 12.9. The highest BCUT2D eigenvalue weighted by Gasteiger charge is 2.49. The van der Waals surface area contributed by atoms with Gasteiger partial charge in [0, 0.05) is 17.8 Å². The van der Waals surface area contributed by atoms with Crippen LogP contribution in [0.1, 0.15) is 19.3 Å². The third-order valence-corrected chi connectivity index (χ3v) is 3.98. The molecule has 0 radical (unpaired) electrons. The maximum Gasteiger partial charge on any atom is 0.406 e. The lowest BCUT2D eigenvalue weighted by atomic mass is 10.0. The van der Waals surface area contributed by atoms with E-state index in [1.54, 1.807) is 0 Å². The van der Waals surface area contributed by atoms with Crippen LogP contribution in [0.5, 0.6) is 0 Å². The molecule has 2 saturated carbocycles. The fourth-order valence-corrected chi connectivity index (χ4v) is 3.19. The van der Waals surface area contributed by atoms with Gasteiger partial charge in [-0.15, -0.1) is 0 Å². The number of rotatable bonds is 4. The number of fused-ring (bicyclic) bond motifs is 1. The molecule has 2 fully saturated rings. The van der Waals surface area contributed by atoms with Gasteiger partial charge in [-0.2, -0.15) is 13.2 Å². The van der Waals surface area contributed by atoms with Gasteiger partial charge in [-0.05, 0) is 31.1 Å². The standard InChI is InChI=1S/C11H15BrF3NO/c12-1-2-16(6-11(13,14)15)10(17)9-4-7-3-8(7)5-9/h7-9H,1-6H2. The van der Waals surface area contributed by atoms with Crippen LogP contribution >= 0.6 is 15.9 Å². The number of amides is 1. The van der Waals surface area contributed by atoms with Crippen molar-refractivity contribution in [2.45, 2.75) is 25.4 Å². The lowest BCUT2D eigenvalue weighted by Crippen LogP contribution is -2.43. The number of hydrogen-bond acceptors (Lipinski definition) is 1. The van der Waals surface area contributed by atoms with E-state index >= 15 is 0 Å². The number of halogens is 4. The minimum absolute atomic E-state index is 0.129. The van der Waals surface area contributed by atoms with E-state index in [4.69, 9.17) is 0 Å². The maximum atomic E-state index is 12.4. The molecule has 0 spiro atoms. The van der Waals surface area contributed by atoms with Gasteiger partial charge >= 0.3 is 6.18 Å². The number of nitrogens with zero attached hydrogens (tertiary/aromatic N) is 1. The fraction of sp³-hybridized carbons (Fsp3) is 0.909. The van der Waals surface area contributed by atoms with E-state index in [9.17, 15) is 18.0 Å². The largest absolute Gasteiger partial charge is 0.406 e. The normalized spacial score (nSPS) is 31.2. The van der Waals surface area contributed by atoms with Crippen molar-refractivity contribution < 1.29 is 18.0 Å². The van der Waals surface area contributed by atoms with Crippen molar-refractivity contribution >= 4 is 21.8 Å². The molecule has 0 aliphatic heterocycles. The van der Waals surface area contributed by atoms with E-state index in [2.05, 4.69) is 15.9 Å². The first-order valence-electron chi connectivity index (χ1n) is 5.82. The van der Waals surface area contributed by atoms with E-state index in [0.717, 1.165) is 17.7 Å². The molecule has 0 aromatic rings. The summed E-state index contributed by atoms with van der Waals surface area (Å²) >= 11 is 3.09. The van der Waals surface area contributed by atoms with Gasteiger partial charge in [0.2, 0.25) is 5.91 Å². The van der Waals surface area contributed by atoms with E-state index in [0.29, 0.717) is 17.2 Å². The van der Waals surface area contributed by atoms with Gasteiger partial charge < -0.3 is 4.90 Å². The topological polar surface area (TPSA) is 20.3 Å². The van der Waals surface area contributed by atoms with Gasteiger partial charge in [0.05, 0.1) is 0 Å². The van der Waals surface area contributed by atoms with Crippen molar-refractivity contribution in [2.24, 2.45) is 17.8 Å². The molecule has 17 heavy (non-hydrogen) atoms. The average molecular weight is 314 g/mol. The highest BCUT2D eigenvalue weighted by molar-refractivity contribution is 9.09. The quantitative estimate of drug-likeness (QED) is 0.731. The molecule has 2 rings (SSSR count). The van der Waals surface area contributed by atoms with Gasteiger partial charge in [-0.1, -0.05) is 15.9 Å². The monoisotopic (exact) mass is 313 g/mol. The number of carbonyl (C=O) groups excluding carboxylic acids is 1. The predicted molar refractivity (Wildman–Crippen MR) is 60.8 cm³/mol. The molecular weight excluding hydrogens is 299 g/mol. The molecule has 0 bridgehead atoms. The van der Waals surface area contributed by atoms with Crippen molar-refractivity contribution in [3.05, 3.63) is 0 Å². The smallest absolute Gasteiger partial charge is 0.333 e. The molecule has 98 valence electrons. The van der Waals surface area contributed by atoms with Crippen molar-refractivity contribution in [1.82, 2.24) is 4.90 Å². The van der Waals surface area contributed by atoms with Gasteiger partial charge in [0.25, 0.3) is 0 Å². The molecule has 0 N–H and O–H groups in total. The Morgan fingerprint density at radius 2 is 1.82 bits per heavy atom. The zero-order valence-electron chi connectivity index (χ0n) is 9.34. The lowest BCUT2D eigenvalue weighted by molar-refractivity contribution is -0.163. The van der Waals surface area contributed by atoms with Crippen LogP contribution in [0.3, 0.4) is 0 Å². The van der Waals surface area contributed by atoms with Crippen molar-refractivity contribution in [3.63, 3.8) is 0 Å². The summed E-state index contributed by atoms with van der Waals surface area (Å²) in [5.74, 6) is 0.746. The van der Waals surface area contributed by atoms with E-state index in [-0.39, 0.29) is 18.4 Å². The molecule has 0 saturated heterocycles. The Labute approximate surface area is 107 Å². The minimum Gasteiger partial charge on any atom is -0.333 e. The lowest BCUT2D eigenvalue weighted by Gasteiger charge is -2.26. The Hall–Kier alpha value is -0.260. The Kier molecular flexibility index (Phi) is 3.71. The summed E-state index contributed by atoms with van der Waals surface area (Å²) in [7, 11) is 0. The van der Waals surface area contributed by atoms with Crippen molar-refractivity contribution in [2.75, 3.05) is 18.4 Å². The molecule has 6 heteroatoms. The van der Waals surface area contributed by atoms with E-state index < -0.39 is 12.7 Å². The van der Waals surface area contributed by atoms with Crippen LogP contribution in [-0.2, 0) is 4.79 Å². The van der Waals surface area contributed by atoms with Gasteiger partial charge in [0.1, 0.15) is 6.54 Å². The van der Waals surface area contributed by atoms with Crippen LogP contribution < -0.4 is 0 Å². The first-order valence-corrected chi connectivity index (χ1v) is 6.94. The van der Waals surface area contributed by atoms with Crippen LogP contribution in [0.4, 0.5) is 13.2 Å². The molecular formula is C11H15BrF3NO. The first kappa shape index (κ1) is 13.2. The molecule has 2 atom stereocenters. The van der Waals surface area contributed by atoms with E-state index in [1.165, 1.54) is 6.42 Å². The van der Waals surface area contributed by atoms with Crippen molar-refractivity contribution in [1.29, 1.82) is 0 Å². The third kappa shape index (κ3) is 3.36. The van der Waals surface area contributed by atoms with Gasteiger partial charge in [-0.25, -0.2) is 0 Å². The highest BCUT2D eigenvalue weighted by Crippen LogP contribution is 2.54. The summed E-state index contributed by atoms with van der Waals surface area (Å²) in [6.45, 7) is -0.993. The van der Waals surface area contributed by atoms with Crippen LogP contribution in [0.25, 0.3) is 0 Å². The zero-order valence-corrected chi connectivity index (χ0v) is 10.9. The van der Waals surface area contributed by atoms with Crippen LogP contribution in [-0.4, -0.2) is 35.4 Å². The molecule has 1 amide bonds. The SMILES string of the molecule is O=C(C1CC2CC2C1)N(CCBr)CC(F)(F)F. The summed E-state index contributed by atoms with van der Waals surface area (Å²) in [6, 6.07) is 0. The third-order valence-electron chi connectivity index (χ3n) is 3.63. The predicted octanol–water partition coefficient (Wildman–Crippen LogP) is 2.82. The molecule has 0 heterocycles. The first-order chi connectivity index (χ1) is 7.90. The number of carbonyl (C=O) groups is 1. The Bertz CT molecular complexity index is 298. The minimum atomic E-state index is -4.31. The van der Waals surface area contributed by atoms with Crippen molar-refractivity contribution in [3.8, 4) is 0 Å². The summed E-state index contributed by atoms with van der Waals surface area (Å²) in [5.41, 5.74) is 0. The van der Waals surface area contributed by atoms with Crippen LogP contribution in [0.2, 0.25) is 0 Å². The highest BCUT2D eigenvalue weighted by atomic mass is 79.9. The maximum absolute atomic E-state index is 12.4. The summed E-state index contributed by atoms with van der Waals surface area (Å²) in [5, 5.41) is 0.383. The van der Waals surface area contributed by atoms with Gasteiger partial charge in [0.15, 0.2) is 0 Å². The Balaban J connectivity index is 1.92. The molecule has 2 unspecified atom stereocenters. The Morgan fingerprint density at radius 1 is 1.24 bits per heavy atom. The second-order valence-electron chi connectivity index (χ2n) is 4.99. The zero-order chi connectivity index (χ0) is 12.6. The average Bonchev–Trinajstić information content (AvgIpc) is 2.82. The number of alkyl halides is 4. The fourth-order valence-electron chi connectivity index (χ4n) is 2.76. The molecule has 0 aromatic carbocycles. The summed E-state index contributed by atoms with van der Waals surface area (Å²) < 4.78 is 37.1.